The number of hydrogen-bond donors (Lipinski definition) is 0. The van der Waals surface area contributed by atoms with Gasteiger partial charge in [0.25, 0.3) is 5.91 Å². The number of carbonyl (C=O) groups is 1. The topological polar surface area (TPSA) is 49.6 Å². The van der Waals surface area contributed by atoms with E-state index in [4.69, 9.17) is 4.52 Å². The molecule has 2 aliphatic heterocycles. The van der Waals surface area contributed by atoms with E-state index in [2.05, 4.69) is 40.4 Å². The van der Waals surface area contributed by atoms with E-state index in [1.54, 1.807) is 6.07 Å². The maximum Gasteiger partial charge on any atom is 0.276 e. The third-order valence-electron chi connectivity index (χ3n) is 5.49. The molecule has 5 nitrogen and oxygen atoms in total. The van der Waals surface area contributed by atoms with E-state index < -0.39 is 0 Å². The second kappa shape index (κ2) is 7.00. The summed E-state index contributed by atoms with van der Waals surface area (Å²) < 4.78 is 5.10. The Labute approximate surface area is 148 Å². The van der Waals surface area contributed by atoms with E-state index in [1.807, 2.05) is 11.8 Å². The second-order valence-corrected chi connectivity index (χ2v) is 7.20. The first-order chi connectivity index (χ1) is 12.2. The molecule has 2 aliphatic rings. The number of hydrogen-bond acceptors (Lipinski definition) is 4. The first-order valence-corrected chi connectivity index (χ1v) is 9.24. The molecule has 2 fully saturated rings. The van der Waals surface area contributed by atoms with Gasteiger partial charge in [-0.1, -0.05) is 35.5 Å². The van der Waals surface area contributed by atoms with Gasteiger partial charge in [0.05, 0.1) is 0 Å². The van der Waals surface area contributed by atoms with E-state index in [0.717, 1.165) is 32.5 Å². The standard InChI is InChI=1S/C20H25N3O2/c1-15-13-17(21-25-15)20(24)23-12-6-10-19(23)18-9-5-11-22(18)14-16-7-3-2-4-8-16/h2-4,7-8,13,18-19H,5-6,9-12,14H2,1H3/t18-,19+/m0/s1. The SMILES string of the molecule is Cc1cc(C(=O)N2CCC[C@@H]2[C@@H]2CCCN2Cc2ccccc2)no1. The van der Waals surface area contributed by atoms with Gasteiger partial charge < -0.3 is 9.42 Å². The maximum absolute atomic E-state index is 12.9. The Balaban J connectivity index is 1.50. The van der Waals surface area contributed by atoms with Gasteiger partial charge >= 0.3 is 0 Å². The van der Waals surface area contributed by atoms with Crippen molar-refractivity contribution in [2.75, 3.05) is 13.1 Å². The van der Waals surface area contributed by atoms with Crippen LogP contribution in [0.1, 0.15) is 47.5 Å². The number of amides is 1. The quantitative estimate of drug-likeness (QED) is 0.858. The molecule has 1 aromatic carbocycles. The number of benzene rings is 1. The van der Waals surface area contributed by atoms with Crippen LogP contribution >= 0.6 is 0 Å². The molecule has 2 saturated heterocycles. The Kier molecular flexibility index (Phi) is 4.57. The molecule has 0 radical (unpaired) electrons. The molecule has 0 unspecified atom stereocenters. The van der Waals surface area contributed by atoms with Crippen molar-refractivity contribution in [2.45, 2.75) is 51.2 Å². The molecular weight excluding hydrogens is 314 g/mol. The lowest BCUT2D eigenvalue weighted by Crippen LogP contribution is -2.48. The lowest BCUT2D eigenvalue weighted by atomic mass is 10.0. The van der Waals surface area contributed by atoms with Gasteiger partial charge in [0.15, 0.2) is 5.69 Å². The van der Waals surface area contributed by atoms with Gasteiger partial charge in [0.1, 0.15) is 5.76 Å². The molecular formula is C20H25N3O2. The molecule has 1 aromatic heterocycles. The Bertz CT molecular complexity index is 728. The van der Waals surface area contributed by atoms with Crippen molar-refractivity contribution in [3.05, 3.63) is 53.4 Å². The molecule has 0 aliphatic carbocycles. The number of likely N-dealkylation sites (tertiary alicyclic amines) is 2. The van der Waals surface area contributed by atoms with Gasteiger partial charge in [-0.15, -0.1) is 0 Å². The van der Waals surface area contributed by atoms with Crippen molar-refractivity contribution < 1.29 is 9.32 Å². The Hall–Kier alpha value is -2.14. The van der Waals surface area contributed by atoms with E-state index in [9.17, 15) is 4.79 Å². The number of carbonyl (C=O) groups excluding carboxylic acids is 1. The molecule has 2 aromatic rings. The molecule has 4 rings (SSSR count). The third kappa shape index (κ3) is 3.33. The van der Waals surface area contributed by atoms with E-state index >= 15 is 0 Å². The summed E-state index contributed by atoms with van der Waals surface area (Å²) in [5.41, 5.74) is 1.79. The van der Waals surface area contributed by atoms with Gasteiger partial charge in [0.2, 0.25) is 0 Å². The van der Waals surface area contributed by atoms with Crippen molar-refractivity contribution >= 4 is 5.91 Å². The van der Waals surface area contributed by atoms with Gasteiger partial charge in [0, 0.05) is 31.2 Å². The summed E-state index contributed by atoms with van der Waals surface area (Å²) in [6.45, 7) is 4.73. The Morgan fingerprint density at radius 3 is 2.68 bits per heavy atom. The molecule has 5 heteroatoms. The van der Waals surface area contributed by atoms with Crippen LogP contribution in [0.2, 0.25) is 0 Å². The molecule has 3 heterocycles. The molecule has 0 N–H and O–H groups in total. The molecule has 0 saturated carbocycles. The Morgan fingerprint density at radius 1 is 1.16 bits per heavy atom. The first-order valence-electron chi connectivity index (χ1n) is 9.24. The van der Waals surface area contributed by atoms with Crippen LogP contribution < -0.4 is 0 Å². The van der Waals surface area contributed by atoms with Crippen LogP contribution in [0.5, 0.6) is 0 Å². The highest BCUT2D eigenvalue weighted by Gasteiger charge is 2.40. The maximum atomic E-state index is 12.9. The van der Waals surface area contributed by atoms with Gasteiger partial charge in [-0.25, -0.2) is 0 Å². The van der Waals surface area contributed by atoms with Crippen LogP contribution in [0.4, 0.5) is 0 Å². The summed E-state index contributed by atoms with van der Waals surface area (Å²) in [5.74, 6) is 0.705. The highest BCUT2D eigenvalue weighted by molar-refractivity contribution is 5.92. The van der Waals surface area contributed by atoms with E-state index in [0.29, 0.717) is 17.5 Å². The van der Waals surface area contributed by atoms with Crippen LogP contribution in [0.3, 0.4) is 0 Å². The normalized spacial score (nSPS) is 24.1. The molecule has 0 bridgehead atoms. The van der Waals surface area contributed by atoms with Gasteiger partial charge in [-0.3, -0.25) is 9.69 Å². The fraction of sp³-hybridized carbons (Fsp3) is 0.500. The summed E-state index contributed by atoms with van der Waals surface area (Å²) >= 11 is 0. The zero-order valence-electron chi connectivity index (χ0n) is 14.7. The predicted molar refractivity (Wildman–Crippen MR) is 95.2 cm³/mol. The summed E-state index contributed by atoms with van der Waals surface area (Å²) in [4.78, 5) is 17.5. The molecule has 1 amide bonds. The largest absolute Gasteiger partial charge is 0.361 e. The van der Waals surface area contributed by atoms with Gasteiger partial charge in [-0.05, 0) is 44.7 Å². The molecule has 132 valence electrons. The van der Waals surface area contributed by atoms with E-state index in [1.165, 1.54) is 18.4 Å². The average molecular weight is 339 g/mol. The van der Waals surface area contributed by atoms with Crippen LogP contribution in [0.25, 0.3) is 0 Å². The fourth-order valence-electron chi connectivity index (χ4n) is 4.36. The van der Waals surface area contributed by atoms with Crippen molar-refractivity contribution in [3.63, 3.8) is 0 Å². The minimum Gasteiger partial charge on any atom is -0.361 e. The van der Waals surface area contributed by atoms with Crippen LogP contribution in [0, 0.1) is 6.92 Å². The summed E-state index contributed by atoms with van der Waals surface area (Å²) in [5, 5.41) is 3.93. The molecule has 0 spiro atoms. The summed E-state index contributed by atoms with van der Waals surface area (Å²) in [6, 6.07) is 13.1. The first kappa shape index (κ1) is 16.3. The minimum absolute atomic E-state index is 0.0194. The van der Waals surface area contributed by atoms with Crippen LogP contribution in [-0.4, -0.2) is 46.0 Å². The lowest BCUT2D eigenvalue weighted by Gasteiger charge is -2.34. The van der Waals surface area contributed by atoms with Crippen LogP contribution in [0.15, 0.2) is 40.9 Å². The lowest BCUT2D eigenvalue weighted by molar-refractivity contribution is 0.0629. The highest BCUT2D eigenvalue weighted by Crippen LogP contribution is 2.32. The van der Waals surface area contributed by atoms with E-state index in [-0.39, 0.29) is 11.9 Å². The average Bonchev–Trinajstić information content (AvgIpc) is 3.35. The predicted octanol–water partition coefficient (Wildman–Crippen LogP) is 3.25. The highest BCUT2D eigenvalue weighted by atomic mass is 16.5. The molecule has 25 heavy (non-hydrogen) atoms. The van der Waals surface area contributed by atoms with Crippen molar-refractivity contribution in [1.82, 2.24) is 15.0 Å². The Morgan fingerprint density at radius 2 is 1.92 bits per heavy atom. The summed E-state index contributed by atoms with van der Waals surface area (Å²) in [6.07, 6.45) is 4.53. The monoisotopic (exact) mass is 339 g/mol. The smallest absolute Gasteiger partial charge is 0.276 e. The number of aromatic nitrogens is 1. The van der Waals surface area contributed by atoms with Crippen molar-refractivity contribution in [2.24, 2.45) is 0 Å². The number of aryl methyl sites for hydroxylation is 1. The zero-order chi connectivity index (χ0) is 17.2. The van der Waals surface area contributed by atoms with Gasteiger partial charge in [-0.2, -0.15) is 0 Å². The van der Waals surface area contributed by atoms with Crippen molar-refractivity contribution in [1.29, 1.82) is 0 Å². The van der Waals surface area contributed by atoms with Crippen molar-refractivity contribution in [3.8, 4) is 0 Å². The zero-order valence-corrected chi connectivity index (χ0v) is 14.7. The number of nitrogens with zero attached hydrogens (tertiary/aromatic N) is 3. The fourth-order valence-corrected chi connectivity index (χ4v) is 4.36. The third-order valence-corrected chi connectivity index (χ3v) is 5.49. The number of rotatable bonds is 4. The molecule has 2 atom stereocenters. The minimum atomic E-state index is 0.0194. The second-order valence-electron chi connectivity index (χ2n) is 7.20. The van der Waals surface area contributed by atoms with Crippen LogP contribution in [-0.2, 0) is 6.54 Å². The summed E-state index contributed by atoms with van der Waals surface area (Å²) in [7, 11) is 0.